The molecule has 1 fully saturated rings. The Morgan fingerprint density at radius 1 is 1.32 bits per heavy atom. The van der Waals surface area contributed by atoms with Gasteiger partial charge in [-0.15, -0.1) is 0 Å². The molecule has 0 saturated carbocycles. The fraction of sp³-hybridized carbons (Fsp3) is 0.533. The van der Waals surface area contributed by atoms with Crippen LogP contribution >= 0.6 is 0 Å². The molecular weight excluding hydrogens is 240 g/mol. The number of nitrogens with one attached hydrogen (secondary N) is 1. The lowest BCUT2D eigenvalue weighted by molar-refractivity contribution is 0.0735. The normalized spacial score (nSPS) is 15.7. The highest BCUT2D eigenvalue weighted by molar-refractivity contribution is 5.94. The molecule has 0 aliphatic carbocycles. The Bertz CT molecular complexity index is 451. The van der Waals surface area contributed by atoms with Crippen molar-refractivity contribution < 1.29 is 9.53 Å². The predicted octanol–water partition coefficient (Wildman–Crippen LogP) is 1.83. The van der Waals surface area contributed by atoms with Crippen LogP contribution in [0.2, 0.25) is 0 Å². The van der Waals surface area contributed by atoms with Crippen LogP contribution in [0.4, 0.5) is 0 Å². The lowest BCUT2D eigenvalue weighted by Crippen LogP contribution is -2.46. The Morgan fingerprint density at radius 3 is 2.58 bits per heavy atom. The third-order valence-corrected chi connectivity index (χ3v) is 3.19. The first-order chi connectivity index (χ1) is 9.08. The summed E-state index contributed by atoms with van der Waals surface area (Å²) in [5, 5.41) is 3.25. The Morgan fingerprint density at radius 2 is 2.00 bits per heavy atom. The molecule has 0 aromatic heterocycles. The molecule has 1 amide bonds. The quantitative estimate of drug-likeness (QED) is 0.903. The summed E-state index contributed by atoms with van der Waals surface area (Å²) in [5.74, 6) is 0.965. The lowest BCUT2D eigenvalue weighted by Gasteiger charge is -2.27. The molecule has 0 spiro atoms. The molecule has 1 aromatic carbocycles. The Kier molecular flexibility index (Phi) is 4.43. The molecule has 2 rings (SSSR count). The van der Waals surface area contributed by atoms with E-state index >= 15 is 0 Å². The number of carbonyl (C=O) groups is 1. The summed E-state index contributed by atoms with van der Waals surface area (Å²) in [6.07, 6.45) is 0.147. The molecule has 104 valence electrons. The topological polar surface area (TPSA) is 41.6 Å². The van der Waals surface area contributed by atoms with Crippen LogP contribution in [0.3, 0.4) is 0 Å². The van der Waals surface area contributed by atoms with Gasteiger partial charge in [-0.2, -0.15) is 0 Å². The number of benzene rings is 1. The van der Waals surface area contributed by atoms with Crippen molar-refractivity contribution in [3.63, 3.8) is 0 Å². The highest BCUT2D eigenvalue weighted by Gasteiger charge is 2.18. The zero-order valence-corrected chi connectivity index (χ0v) is 11.9. The zero-order valence-electron chi connectivity index (χ0n) is 11.9. The summed E-state index contributed by atoms with van der Waals surface area (Å²) in [6.45, 7) is 9.29. The van der Waals surface area contributed by atoms with Gasteiger partial charge in [0.25, 0.3) is 5.91 Å². The Hall–Kier alpha value is -1.55. The van der Waals surface area contributed by atoms with Gasteiger partial charge in [0.1, 0.15) is 5.75 Å². The van der Waals surface area contributed by atoms with E-state index in [4.69, 9.17) is 4.74 Å². The highest BCUT2D eigenvalue weighted by Crippen LogP contribution is 2.21. The summed E-state index contributed by atoms with van der Waals surface area (Å²) >= 11 is 0. The average molecular weight is 262 g/mol. The van der Waals surface area contributed by atoms with Crippen molar-refractivity contribution >= 4 is 5.91 Å². The first-order valence-corrected chi connectivity index (χ1v) is 6.85. The molecule has 19 heavy (non-hydrogen) atoms. The maximum atomic E-state index is 12.3. The van der Waals surface area contributed by atoms with Crippen molar-refractivity contribution in [3.05, 3.63) is 29.3 Å². The number of ether oxygens (including phenoxy) is 1. The van der Waals surface area contributed by atoms with Crippen molar-refractivity contribution in [3.8, 4) is 5.75 Å². The molecule has 1 heterocycles. The molecule has 1 aromatic rings. The second kappa shape index (κ2) is 6.06. The maximum absolute atomic E-state index is 12.3. The van der Waals surface area contributed by atoms with Crippen molar-refractivity contribution in [1.82, 2.24) is 10.2 Å². The molecule has 0 bridgehead atoms. The third kappa shape index (κ3) is 3.47. The number of piperazine rings is 1. The van der Waals surface area contributed by atoms with E-state index in [9.17, 15) is 4.79 Å². The molecule has 1 aliphatic rings. The third-order valence-electron chi connectivity index (χ3n) is 3.19. The van der Waals surface area contributed by atoms with Crippen LogP contribution in [-0.4, -0.2) is 43.1 Å². The Labute approximate surface area is 114 Å². The minimum absolute atomic E-state index is 0.112. The molecule has 1 aliphatic heterocycles. The summed E-state index contributed by atoms with van der Waals surface area (Å²) in [6, 6.07) is 5.67. The number of carbonyl (C=O) groups excluding carboxylic acids is 1. The molecule has 1 saturated heterocycles. The van der Waals surface area contributed by atoms with Crippen LogP contribution in [0.25, 0.3) is 0 Å². The van der Waals surface area contributed by atoms with E-state index in [0.29, 0.717) is 0 Å². The maximum Gasteiger partial charge on any atom is 0.253 e. The second-order valence-electron chi connectivity index (χ2n) is 5.19. The molecule has 1 N–H and O–H groups in total. The van der Waals surface area contributed by atoms with Gasteiger partial charge >= 0.3 is 0 Å². The Balaban J connectivity index is 2.12. The lowest BCUT2D eigenvalue weighted by atomic mass is 10.1. The van der Waals surface area contributed by atoms with Gasteiger partial charge in [-0.1, -0.05) is 0 Å². The summed E-state index contributed by atoms with van der Waals surface area (Å²) < 4.78 is 5.69. The summed E-state index contributed by atoms with van der Waals surface area (Å²) in [5.41, 5.74) is 1.75. The van der Waals surface area contributed by atoms with Crippen molar-refractivity contribution in [2.75, 3.05) is 26.2 Å². The van der Waals surface area contributed by atoms with Crippen LogP contribution in [0, 0.1) is 6.92 Å². The van der Waals surface area contributed by atoms with E-state index in [1.165, 1.54) is 0 Å². The van der Waals surface area contributed by atoms with E-state index in [1.54, 1.807) is 0 Å². The SMILES string of the molecule is Cc1cc(C(=O)N2CCNCC2)ccc1OC(C)C. The predicted molar refractivity (Wildman–Crippen MR) is 75.7 cm³/mol. The summed E-state index contributed by atoms with van der Waals surface area (Å²) in [4.78, 5) is 14.2. The van der Waals surface area contributed by atoms with Crippen molar-refractivity contribution in [2.45, 2.75) is 26.9 Å². The van der Waals surface area contributed by atoms with Crippen LogP contribution in [-0.2, 0) is 0 Å². The minimum Gasteiger partial charge on any atom is -0.491 e. The fourth-order valence-electron chi connectivity index (χ4n) is 2.22. The molecular formula is C15H22N2O2. The van der Waals surface area contributed by atoms with Gasteiger partial charge in [-0.3, -0.25) is 4.79 Å². The molecule has 0 radical (unpaired) electrons. The first-order valence-electron chi connectivity index (χ1n) is 6.85. The van der Waals surface area contributed by atoms with E-state index in [2.05, 4.69) is 5.32 Å². The van der Waals surface area contributed by atoms with Crippen LogP contribution < -0.4 is 10.1 Å². The van der Waals surface area contributed by atoms with Gasteiger partial charge in [0, 0.05) is 31.7 Å². The van der Waals surface area contributed by atoms with E-state index in [-0.39, 0.29) is 12.0 Å². The van der Waals surface area contributed by atoms with Crippen LogP contribution in [0.5, 0.6) is 5.75 Å². The number of rotatable bonds is 3. The zero-order chi connectivity index (χ0) is 13.8. The highest BCUT2D eigenvalue weighted by atomic mass is 16.5. The van der Waals surface area contributed by atoms with Gasteiger partial charge in [-0.25, -0.2) is 0 Å². The van der Waals surface area contributed by atoms with Gasteiger partial charge in [0.05, 0.1) is 6.10 Å². The average Bonchev–Trinajstić information content (AvgIpc) is 2.41. The van der Waals surface area contributed by atoms with E-state index in [1.807, 2.05) is 43.9 Å². The van der Waals surface area contributed by atoms with E-state index < -0.39 is 0 Å². The molecule has 0 unspecified atom stereocenters. The molecule has 4 nitrogen and oxygen atoms in total. The van der Waals surface area contributed by atoms with Crippen molar-refractivity contribution in [2.24, 2.45) is 0 Å². The minimum atomic E-state index is 0.112. The van der Waals surface area contributed by atoms with Gasteiger partial charge < -0.3 is 15.0 Å². The van der Waals surface area contributed by atoms with E-state index in [0.717, 1.165) is 43.1 Å². The van der Waals surface area contributed by atoms with Gasteiger partial charge in [0.15, 0.2) is 0 Å². The van der Waals surface area contributed by atoms with Crippen LogP contribution in [0.1, 0.15) is 29.8 Å². The number of hydrogen-bond acceptors (Lipinski definition) is 3. The van der Waals surface area contributed by atoms with Crippen LogP contribution in [0.15, 0.2) is 18.2 Å². The number of hydrogen-bond donors (Lipinski definition) is 1. The molecule has 4 heteroatoms. The summed E-state index contributed by atoms with van der Waals surface area (Å²) in [7, 11) is 0. The van der Waals surface area contributed by atoms with Gasteiger partial charge in [-0.05, 0) is 44.5 Å². The second-order valence-corrected chi connectivity index (χ2v) is 5.19. The van der Waals surface area contributed by atoms with Crippen molar-refractivity contribution in [1.29, 1.82) is 0 Å². The number of amides is 1. The largest absolute Gasteiger partial charge is 0.491 e. The number of aryl methyl sites for hydroxylation is 1. The molecule has 0 atom stereocenters. The monoisotopic (exact) mass is 262 g/mol. The standard InChI is InChI=1S/C15H22N2O2/c1-11(2)19-14-5-4-13(10-12(14)3)15(18)17-8-6-16-7-9-17/h4-5,10-11,16H,6-9H2,1-3H3. The number of nitrogens with zero attached hydrogens (tertiary/aromatic N) is 1. The van der Waals surface area contributed by atoms with Gasteiger partial charge in [0.2, 0.25) is 0 Å². The fourth-order valence-corrected chi connectivity index (χ4v) is 2.22. The smallest absolute Gasteiger partial charge is 0.253 e. The first kappa shape index (κ1) is 13.9.